The third-order valence-corrected chi connectivity index (χ3v) is 2.16. The van der Waals surface area contributed by atoms with E-state index in [1.165, 1.54) is 0 Å². The summed E-state index contributed by atoms with van der Waals surface area (Å²) in [5.74, 6) is 1.01. The third-order valence-electron chi connectivity index (χ3n) is 2.16. The van der Waals surface area contributed by atoms with Crippen LogP contribution in [-0.4, -0.2) is 16.5 Å². The van der Waals surface area contributed by atoms with E-state index in [0.717, 1.165) is 36.4 Å². The molecule has 0 aliphatic heterocycles. The van der Waals surface area contributed by atoms with Crippen LogP contribution >= 0.6 is 0 Å². The van der Waals surface area contributed by atoms with Crippen molar-refractivity contribution in [1.29, 1.82) is 0 Å². The minimum Gasteiger partial charge on any atom is -0.341 e. The Labute approximate surface area is 83.6 Å². The van der Waals surface area contributed by atoms with Gasteiger partial charge in [-0.15, -0.1) is 0 Å². The molecule has 74 valence electrons. The standard InChI is InChI=1S/C11H15N3/c1-2-7-12-8-11-13-9-5-3-4-6-10(9)14-11/h3-6,12H,2,7-8H2,1H3,(H,13,14). The fourth-order valence-corrected chi connectivity index (χ4v) is 1.47. The van der Waals surface area contributed by atoms with Crippen LogP contribution in [0.25, 0.3) is 11.0 Å². The van der Waals surface area contributed by atoms with Crippen molar-refractivity contribution >= 4 is 11.0 Å². The Morgan fingerprint density at radius 3 is 3.00 bits per heavy atom. The zero-order valence-corrected chi connectivity index (χ0v) is 8.38. The van der Waals surface area contributed by atoms with Crippen molar-refractivity contribution in [2.24, 2.45) is 0 Å². The van der Waals surface area contributed by atoms with Crippen LogP contribution in [0.3, 0.4) is 0 Å². The summed E-state index contributed by atoms with van der Waals surface area (Å²) < 4.78 is 0. The molecule has 2 N–H and O–H groups in total. The average molecular weight is 189 g/mol. The lowest BCUT2D eigenvalue weighted by Gasteiger charge is -1.97. The number of hydrogen-bond donors (Lipinski definition) is 2. The largest absolute Gasteiger partial charge is 0.341 e. The van der Waals surface area contributed by atoms with E-state index in [9.17, 15) is 0 Å². The fraction of sp³-hybridized carbons (Fsp3) is 0.364. The van der Waals surface area contributed by atoms with Crippen LogP contribution in [0.15, 0.2) is 24.3 Å². The van der Waals surface area contributed by atoms with Crippen LogP contribution in [0, 0.1) is 0 Å². The van der Waals surface area contributed by atoms with Gasteiger partial charge in [-0.1, -0.05) is 19.1 Å². The Morgan fingerprint density at radius 1 is 1.36 bits per heavy atom. The number of imidazole rings is 1. The fourth-order valence-electron chi connectivity index (χ4n) is 1.47. The molecule has 0 spiro atoms. The zero-order chi connectivity index (χ0) is 9.80. The molecule has 1 aromatic carbocycles. The van der Waals surface area contributed by atoms with Gasteiger partial charge in [0.05, 0.1) is 17.6 Å². The average Bonchev–Trinajstić information content (AvgIpc) is 2.60. The molecule has 14 heavy (non-hydrogen) atoms. The van der Waals surface area contributed by atoms with E-state index >= 15 is 0 Å². The van der Waals surface area contributed by atoms with Gasteiger partial charge in [0.1, 0.15) is 5.82 Å². The van der Waals surface area contributed by atoms with Crippen molar-refractivity contribution in [3.8, 4) is 0 Å². The molecule has 0 saturated heterocycles. The first-order chi connectivity index (χ1) is 6.90. The highest BCUT2D eigenvalue weighted by Crippen LogP contribution is 2.09. The zero-order valence-electron chi connectivity index (χ0n) is 8.38. The topological polar surface area (TPSA) is 40.7 Å². The van der Waals surface area contributed by atoms with E-state index < -0.39 is 0 Å². The highest BCUT2D eigenvalue weighted by Gasteiger charge is 1.99. The van der Waals surface area contributed by atoms with Gasteiger partial charge in [-0.2, -0.15) is 0 Å². The van der Waals surface area contributed by atoms with Crippen molar-refractivity contribution in [1.82, 2.24) is 15.3 Å². The molecule has 0 radical (unpaired) electrons. The van der Waals surface area contributed by atoms with Gasteiger partial charge >= 0.3 is 0 Å². The van der Waals surface area contributed by atoms with E-state index in [-0.39, 0.29) is 0 Å². The quantitative estimate of drug-likeness (QED) is 0.723. The second-order valence-electron chi connectivity index (χ2n) is 3.38. The molecule has 3 nitrogen and oxygen atoms in total. The summed E-state index contributed by atoms with van der Waals surface area (Å²) >= 11 is 0. The number of rotatable bonds is 4. The van der Waals surface area contributed by atoms with Gasteiger partial charge in [-0.05, 0) is 25.1 Å². The summed E-state index contributed by atoms with van der Waals surface area (Å²) in [5.41, 5.74) is 2.15. The van der Waals surface area contributed by atoms with Crippen LogP contribution in [0.2, 0.25) is 0 Å². The second-order valence-corrected chi connectivity index (χ2v) is 3.38. The summed E-state index contributed by atoms with van der Waals surface area (Å²) in [7, 11) is 0. The number of aromatic nitrogens is 2. The molecule has 0 saturated carbocycles. The number of hydrogen-bond acceptors (Lipinski definition) is 2. The summed E-state index contributed by atoms with van der Waals surface area (Å²) in [6.07, 6.45) is 1.15. The molecule has 2 rings (SSSR count). The second kappa shape index (κ2) is 4.24. The van der Waals surface area contributed by atoms with Crippen LogP contribution in [0.1, 0.15) is 19.2 Å². The molecule has 3 heteroatoms. The number of aromatic amines is 1. The number of para-hydroxylation sites is 2. The van der Waals surface area contributed by atoms with Gasteiger partial charge in [0.2, 0.25) is 0 Å². The predicted octanol–water partition coefficient (Wildman–Crippen LogP) is 2.06. The van der Waals surface area contributed by atoms with Crippen LogP contribution in [-0.2, 0) is 6.54 Å². The lowest BCUT2D eigenvalue weighted by atomic mass is 10.3. The van der Waals surface area contributed by atoms with E-state index in [4.69, 9.17) is 0 Å². The summed E-state index contributed by atoms with van der Waals surface area (Å²) in [6.45, 7) is 4.02. The summed E-state index contributed by atoms with van der Waals surface area (Å²) in [4.78, 5) is 7.75. The van der Waals surface area contributed by atoms with Crippen molar-refractivity contribution in [3.63, 3.8) is 0 Å². The molecule has 0 unspecified atom stereocenters. The first-order valence-corrected chi connectivity index (χ1v) is 5.04. The molecular formula is C11H15N3. The highest BCUT2D eigenvalue weighted by atomic mass is 15.0. The van der Waals surface area contributed by atoms with Crippen molar-refractivity contribution in [2.75, 3.05) is 6.54 Å². The molecular weight excluding hydrogens is 174 g/mol. The monoisotopic (exact) mass is 189 g/mol. The van der Waals surface area contributed by atoms with Crippen molar-refractivity contribution in [2.45, 2.75) is 19.9 Å². The van der Waals surface area contributed by atoms with Crippen LogP contribution in [0.5, 0.6) is 0 Å². The highest BCUT2D eigenvalue weighted by molar-refractivity contribution is 5.74. The molecule has 0 fully saturated rings. The number of fused-ring (bicyclic) bond motifs is 1. The van der Waals surface area contributed by atoms with Crippen LogP contribution in [0.4, 0.5) is 0 Å². The molecule has 0 atom stereocenters. The van der Waals surface area contributed by atoms with Gasteiger partial charge in [0.25, 0.3) is 0 Å². The molecule has 0 bridgehead atoms. The number of nitrogens with one attached hydrogen (secondary N) is 2. The Bertz CT molecular complexity index is 373. The van der Waals surface area contributed by atoms with Crippen LogP contribution < -0.4 is 5.32 Å². The molecule has 1 heterocycles. The maximum absolute atomic E-state index is 4.47. The van der Waals surface area contributed by atoms with Gasteiger partial charge in [-0.3, -0.25) is 0 Å². The minimum atomic E-state index is 0.822. The maximum Gasteiger partial charge on any atom is 0.121 e. The van der Waals surface area contributed by atoms with E-state index in [1.807, 2.05) is 24.3 Å². The normalized spacial score (nSPS) is 10.9. The Kier molecular flexibility index (Phi) is 2.79. The Hall–Kier alpha value is -1.35. The molecule has 2 aromatic rings. The molecule has 0 aliphatic carbocycles. The molecule has 0 amide bonds. The van der Waals surface area contributed by atoms with Gasteiger partial charge in [-0.25, -0.2) is 4.98 Å². The SMILES string of the molecule is CCCNCc1nc2ccccc2[nH]1. The minimum absolute atomic E-state index is 0.822. The maximum atomic E-state index is 4.47. The predicted molar refractivity (Wildman–Crippen MR) is 58.1 cm³/mol. The smallest absolute Gasteiger partial charge is 0.121 e. The van der Waals surface area contributed by atoms with Gasteiger partial charge < -0.3 is 10.3 Å². The van der Waals surface area contributed by atoms with Gasteiger partial charge in [0.15, 0.2) is 0 Å². The summed E-state index contributed by atoms with van der Waals surface area (Å²) in [5, 5.41) is 3.32. The van der Waals surface area contributed by atoms with E-state index in [2.05, 4.69) is 22.2 Å². The Balaban J connectivity index is 2.11. The number of nitrogens with zero attached hydrogens (tertiary/aromatic N) is 1. The number of benzene rings is 1. The lowest BCUT2D eigenvalue weighted by molar-refractivity contribution is 0.656. The Morgan fingerprint density at radius 2 is 2.21 bits per heavy atom. The van der Waals surface area contributed by atoms with E-state index in [1.54, 1.807) is 0 Å². The molecule has 0 aliphatic rings. The summed E-state index contributed by atoms with van der Waals surface area (Å²) in [6, 6.07) is 8.09. The third kappa shape index (κ3) is 1.93. The van der Waals surface area contributed by atoms with Crippen molar-refractivity contribution in [3.05, 3.63) is 30.1 Å². The number of H-pyrrole nitrogens is 1. The van der Waals surface area contributed by atoms with Crippen molar-refractivity contribution < 1.29 is 0 Å². The van der Waals surface area contributed by atoms with Gasteiger partial charge in [0, 0.05) is 0 Å². The molecule has 1 aromatic heterocycles. The lowest BCUT2D eigenvalue weighted by Crippen LogP contribution is -2.14. The van der Waals surface area contributed by atoms with E-state index in [0.29, 0.717) is 0 Å². The first-order valence-electron chi connectivity index (χ1n) is 5.04. The first kappa shape index (κ1) is 9.21.